The Morgan fingerprint density at radius 2 is 1.81 bits per heavy atom. The number of methoxy groups -OCH3 is 1. The van der Waals surface area contributed by atoms with Crippen molar-refractivity contribution in [3.63, 3.8) is 0 Å². The van der Waals surface area contributed by atoms with Crippen LogP contribution in [0.1, 0.15) is 45.7 Å². The van der Waals surface area contributed by atoms with Crippen LogP contribution in [-0.2, 0) is 12.7 Å². The summed E-state index contributed by atoms with van der Waals surface area (Å²) in [5, 5.41) is 11.1. The monoisotopic (exact) mass is 591 g/mol. The van der Waals surface area contributed by atoms with Gasteiger partial charge in [-0.15, -0.1) is 5.10 Å². The molecule has 5 heterocycles. The molecule has 0 aliphatic carbocycles. The molecule has 6 rings (SSSR count). The van der Waals surface area contributed by atoms with Crippen molar-refractivity contribution in [2.24, 2.45) is 0 Å². The van der Waals surface area contributed by atoms with Crippen LogP contribution in [0.25, 0.3) is 22.7 Å². The number of anilines is 1. The molecule has 43 heavy (non-hydrogen) atoms. The summed E-state index contributed by atoms with van der Waals surface area (Å²) in [6.45, 7) is 5.48. The van der Waals surface area contributed by atoms with Gasteiger partial charge in [-0.1, -0.05) is 5.21 Å². The first-order chi connectivity index (χ1) is 20.6. The molecule has 14 heteroatoms. The number of ether oxygens (including phenoxy) is 1. The third-order valence-electron chi connectivity index (χ3n) is 7.38. The van der Waals surface area contributed by atoms with E-state index in [0.717, 1.165) is 37.7 Å². The van der Waals surface area contributed by atoms with Gasteiger partial charge < -0.3 is 10.1 Å². The predicted molar refractivity (Wildman–Crippen MR) is 151 cm³/mol. The number of hydrogen-bond acceptors (Lipinski definition) is 8. The smallest absolute Gasteiger partial charge is 0.420 e. The van der Waals surface area contributed by atoms with Gasteiger partial charge in [0.25, 0.3) is 5.91 Å². The van der Waals surface area contributed by atoms with Crippen LogP contribution in [0.5, 0.6) is 5.75 Å². The number of amides is 1. The zero-order valence-corrected chi connectivity index (χ0v) is 23.7. The third kappa shape index (κ3) is 5.65. The van der Waals surface area contributed by atoms with Crippen LogP contribution in [0.4, 0.5) is 18.9 Å². The van der Waals surface area contributed by atoms with Gasteiger partial charge in [-0.2, -0.15) is 13.2 Å². The first-order valence-corrected chi connectivity index (χ1v) is 13.6. The number of benzene rings is 1. The molecule has 1 aromatic carbocycles. The van der Waals surface area contributed by atoms with Crippen LogP contribution >= 0.6 is 0 Å². The number of nitrogens with zero attached hydrogens (tertiary/aromatic N) is 8. The quantitative estimate of drug-likeness (QED) is 0.285. The van der Waals surface area contributed by atoms with E-state index in [-0.39, 0.29) is 23.5 Å². The summed E-state index contributed by atoms with van der Waals surface area (Å²) in [5.41, 5.74) is 3.31. The number of nitrogens with one attached hydrogen (secondary N) is 1. The fraction of sp³-hybridized carbons (Fsp3) is 0.310. The van der Waals surface area contributed by atoms with Gasteiger partial charge in [-0.3, -0.25) is 24.1 Å². The van der Waals surface area contributed by atoms with Crippen molar-refractivity contribution in [3.05, 3.63) is 77.3 Å². The van der Waals surface area contributed by atoms with Crippen LogP contribution in [0.2, 0.25) is 0 Å². The number of fused-ring (bicyclic) bond motifs is 1. The highest BCUT2D eigenvalue weighted by Crippen LogP contribution is 2.41. The lowest BCUT2D eigenvalue weighted by Crippen LogP contribution is -2.21. The number of aryl methyl sites for hydroxylation is 2. The Hall–Kier alpha value is -4.85. The Morgan fingerprint density at radius 3 is 2.56 bits per heavy atom. The second-order valence-corrected chi connectivity index (χ2v) is 10.4. The van der Waals surface area contributed by atoms with Gasteiger partial charge >= 0.3 is 6.18 Å². The highest BCUT2D eigenvalue weighted by molar-refractivity contribution is 6.04. The minimum absolute atomic E-state index is 0.00915. The minimum atomic E-state index is -4.68. The number of rotatable bonds is 7. The van der Waals surface area contributed by atoms with Gasteiger partial charge in [0.15, 0.2) is 5.65 Å². The maximum absolute atomic E-state index is 14.0. The third-order valence-corrected chi connectivity index (χ3v) is 7.38. The van der Waals surface area contributed by atoms with Crippen molar-refractivity contribution < 1.29 is 22.7 Å². The fourth-order valence-corrected chi connectivity index (χ4v) is 5.27. The van der Waals surface area contributed by atoms with Gasteiger partial charge in [0.1, 0.15) is 11.4 Å². The van der Waals surface area contributed by atoms with E-state index >= 15 is 0 Å². The second-order valence-electron chi connectivity index (χ2n) is 10.4. The van der Waals surface area contributed by atoms with Crippen molar-refractivity contribution >= 4 is 17.2 Å². The van der Waals surface area contributed by atoms with Crippen molar-refractivity contribution in [2.45, 2.75) is 39.4 Å². The molecule has 0 radical (unpaired) electrons. The number of hydrogen-bond donors (Lipinski definition) is 1. The Kier molecular flexibility index (Phi) is 7.30. The van der Waals surface area contributed by atoms with Crippen molar-refractivity contribution in [2.75, 3.05) is 25.5 Å². The Bertz CT molecular complexity index is 1820. The van der Waals surface area contributed by atoms with E-state index in [0.29, 0.717) is 34.0 Å². The second kappa shape index (κ2) is 11.1. The zero-order chi connectivity index (χ0) is 30.3. The molecule has 11 nitrogen and oxygen atoms in total. The molecule has 0 saturated carbocycles. The van der Waals surface area contributed by atoms with Crippen LogP contribution in [0.3, 0.4) is 0 Å². The lowest BCUT2D eigenvalue weighted by Gasteiger charge is -2.21. The predicted octanol–water partition coefficient (Wildman–Crippen LogP) is 4.86. The summed E-state index contributed by atoms with van der Waals surface area (Å²) in [6.07, 6.45) is 5.52. The molecule has 222 valence electrons. The molecule has 1 saturated heterocycles. The molecule has 0 spiro atoms. The van der Waals surface area contributed by atoms with Crippen LogP contribution in [0, 0.1) is 13.8 Å². The fourth-order valence-electron chi connectivity index (χ4n) is 5.27. The Balaban J connectivity index is 1.30. The lowest BCUT2D eigenvalue weighted by molar-refractivity contribution is -0.138. The summed E-state index contributed by atoms with van der Waals surface area (Å²) in [5.74, 6) is -0.861. The maximum atomic E-state index is 14.0. The molecule has 1 aliphatic heterocycles. The van der Waals surface area contributed by atoms with Crippen molar-refractivity contribution in [1.82, 2.24) is 39.2 Å². The van der Waals surface area contributed by atoms with Crippen molar-refractivity contribution in [3.8, 4) is 22.8 Å². The maximum Gasteiger partial charge on any atom is 0.420 e. The summed E-state index contributed by atoms with van der Waals surface area (Å²) < 4.78 is 50.6. The van der Waals surface area contributed by atoms with Gasteiger partial charge in [0.05, 0.1) is 59.6 Å². The van der Waals surface area contributed by atoms with E-state index in [4.69, 9.17) is 4.74 Å². The topological polar surface area (TPSA) is 115 Å². The van der Waals surface area contributed by atoms with Gasteiger partial charge in [-0.05, 0) is 58.0 Å². The molecule has 1 N–H and O–H groups in total. The number of pyridine rings is 1. The molecule has 4 aromatic heterocycles. The number of halogens is 3. The van der Waals surface area contributed by atoms with Gasteiger partial charge in [0.2, 0.25) is 0 Å². The summed E-state index contributed by atoms with van der Waals surface area (Å²) in [6, 6.07) is 3.99. The normalized spacial score (nSPS) is 14.0. The van der Waals surface area contributed by atoms with E-state index < -0.39 is 17.6 Å². The van der Waals surface area contributed by atoms with E-state index in [1.165, 1.54) is 24.1 Å². The standard InChI is InChI=1S/C29H28F3N9O2/c1-17-14-40-25(12-35-26(40)13-33-17)23-16-41(38-37-23)24-9-19(11-34-18(24)2)28(42)36-21-8-20(15-39-6-4-5-7-39)27(43-3)22(10-21)29(30,31)32/h8-14,16H,4-7,15H2,1-3H3,(H,36,42). The van der Waals surface area contributed by atoms with Gasteiger partial charge in [0, 0.05) is 30.2 Å². The average molecular weight is 592 g/mol. The summed E-state index contributed by atoms with van der Waals surface area (Å²) >= 11 is 0. The molecule has 0 unspecified atom stereocenters. The molecule has 0 bridgehead atoms. The molecule has 1 amide bonds. The number of alkyl halides is 3. The minimum Gasteiger partial charge on any atom is -0.496 e. The number of imidazole rings is 1. The van der Waals surface area contributed by atoms with Gasteiger partial charge in [-0.25, -0.2) is 9.67 Å². The molecule has 5 aromatic rings. The first kappa shape index (κ1) is 28.3. The molecule has 1 aliphatic rings. The van der Waals surface area contributed by atoms with Crippen LogP contribution in [0.15, 0.2) is 49.2 Å². The number of carbonyl (C=O) groups excluding carboxylic acids is 1. The lowest BCUT2D eigenvalue weighted by atomic mass is 10.1. The zero-order valence-electron chi connectivity index (χ0n) is 23.7. The molecule has 0 atom stereocenters. The number of likely N-dealkylation sites (tertiary alicyclic amines) is 1. The molecular weight excluding hydrogens is 563 g/mol. The van der Waals surface area contributed by atoms with E-state index in [1.54, 1.807) is 31.6 Å². The first-order valence-electron chi connectivity index (χ1n) is 13.6. The average Bonchev–Trinajstić information content (AvgIpc) is 3.74. The molecular formula is C29H28F3N9O2. The SMILES string of the molecule is COc1c(CN2CCCC2)cc(NC(=O)c2cnc(C)c(-n3cc(-c4cnc5cnc(C)cn45)nn3)c2)cc1C(F)(F)F. The Labute approximate surface area is 244 Å². The largest absolute Gasteiger partial charge is 0.496 e. The van der Waals surface area contributed by atoms with E-state index in [9.17, 15) is 18.0 Å². The highest BCUT2D eigenvalue weighted by atomic mass is 19.4. The van der Waals surface area contributed by atoms with Crippen LogP contribution in [-0.4, -0.2) is 65.4 Å². The number of carbonyl (C=O) groups is 1. The molecule has 1 fully saturated rings. The summed E-state index contributed by atoms with van der Waals surface area (Å²) in [7, 11) is 1.22. The summed E-state index contributed by atoms with van der Waals surface area (Å²) in [4.78, 5) is 28.3. The van der Waals surface area contributed by atoms with E-state index in [2.05, 4.69) is 35.5 Å². The highest BCUT2D eigenvalue weighted by Gasteiger charge is 2.36. The van der Waals surface area contributed by atoms with E-state index in [1.807, 2.05) is 17.5 Å². The Morgan fingerprint density at radius 1 is 1.02 bits per heavy atom. The van der Waals surface area contributed by atoms with Crippen LogP contribution < -0.4 is 10.1 Å². The van der Waals surface area contributed by atoms with Crippen molar-refractivity contribution in [1.29, 1.82) is 0 Å². The number of aromatic nitrogens is 7.